The van der Waals surface area contributed by atoms with Gasteiger partial charge in [-0.3, -0.25) is 4.79 Å². The van der Waals surface area contributed by atoms with Crippen LogP contribution in [0.5, 0.6) is 0 Å². The molecule has 1 aliphatic heterocycles. The summed E-state index contributed by atoms with van der Waals surface area (Å²) in [7, 11) is 1.53. The summed E-state index contributed by atoms with van der Waals surface area (Å²) in [5.74, 6) is 0.835. The van der Waals surface area contributed by atoms with Crippen molar-refractivity contribution in [3.63, 3.8) is 0 Å². The predicted octanol–water partition coefficient (Wildman–Crippen LogP) is 2.18. The van der Waals surface area contributed by atoms with Crippen molar-refractivity contribution < 1.29 is 9.53 Å². The minimum atomic E-state index is -0.0525. The number of anilines is 1. The van der Waals surface area contributed by atoms with Gasteiger partial charge in [-0.15, -0.1) is 10.2 Å². The minimum absolute atomic E-state index is 0.0525. The van der Waals surface area contributed by atoms with Gasteiger partial charge in [0, 0.05) is 31.8 Å². The molecule has 0 radical (unpaired) electrons. The monoisotopic (exact) mass is 340 g/mol. The molecule has 0 atom stereocenters. The molecule has 1 N–H and O–H groups in total. The quantitative estimate of drug-likeness (QED) is 0.904. The highest BCUT2D eigenvalue weighted by atomic mass is 16.5. The highest BCUT2D eigenvalue weighted by Gasteiger charge is 2.21. The Labute approximate surface area is 148 Å². The van der Waals surface area contributed by atoms with Crippen LogP contribution in [0.3, 0.4) is 0 Å². The first-order valence-corrected chi connectivity index (χ1v) is 8.60. The van der Waals surface area contributed by atoms with Crippen LogP contribution in [0.4, 0.5) is 5.82 Å². The van der Waals surface area contributed by atoms with Crippen LogP contribution < -0.4 is 10.2 Å². The number of carbonyl (C=O) groups is 1. The molecule has 0 unspecified atom stereocenters. The molecule has 2 aromatic rings. The maximum Gasteiger partial charge on any atom is 0.246 e. The summed E-state index contributed by atoms with van der Waals surface area (Å²) in [6.45, 7) is 3.91. The average molecular weight is 340 g/mol. The minimum Gasteiger partial charge on any atom is -0.375 e. The van der Waals surface area contributed by atoms with Crippen molar-refractivity contribution in [1.82, 2.24) is 15.5 Å². The van der Waals surface area contributed by atoms with Crippen molar-refractivity contribution >= 4 is 11.7 Å². The fourth-order valence-electron chi connectivity index (χ4n) is 3.15. The smallest absolute Gasteiger partial charge is 0.246 e. The summed E-state index contributed by atoms with van der Waals surface area (Å²) >= 11 is 0. The van der Waals surface area contributed by atoms with E-state index in [0.717, 1.165) is 43.0 Å². The van der Waals surface area contributed by atoms with E-state index in [-0.39, 0.29) is 18.6 Å². The lowest BCUT2D eigenvalue weighted by Crippen LogP contribution is -2.45. The third-order valence-corrected chi connectivity index (χ3v) is 4.53. The van der Waals surface area contributed by atoms with Gasteiger partial charge >= 0.3 is 0 Å². The first kappa shape index (κ1) is 17.4. The maximum absolute atomic E-state index is 11.6. The number of nitrogens with one attached hydrogen (secondary N) is 1. The van der Waals surface area contributed by atoms with Crippen molar-refractivity contribution in [1.29, 1.82) is 0 Å². The standard InChI is InChI=1S/C19H24N4O2/c1-14-5-3-4-6-16(14)17-7-8-18(22-21-17)23-11-9-15(10-12-23)20-19(24)13-25-2/h3-8,15H,9-13H2,1-2H3,(H,20,24). The van der Waals surface area contributed by atoms with Crippen LogP contribution in [0.25, 0.3) is 11.3 Å². The number of carbonyl (C=O) groups excluding carboxylic acids is 1. The van der Waals surface area contributed by atoms with Gasteiger partial charge in [0.2, 0.25) is 5.91 Å². The number of nitrogens with zero attached hydrogens (tertiary/aromatic N) is 3. The highest BCUT2D eigenvalue weighted by Crippen LogP contribution is 2.23. The number of hydrogen-bond donors (Lipinski definition) is 1. The van der Waals surface area contributed by atoms with Crippen molar-refractivity contribution in [2.24, 2.45) is 0 Å². The number of piperidine rings is 1. The molecule has 0 bridgehead atoms. The summed E-state index contributed by atoms with van der Waals surface area (Å²) in [6, 6.07) is 12.4. The van der Waals surface area contributed by atoms with E-state index in [1.165, 1.54) is 12.7 Å². The van der Waals surface area contributed by atoms with Crippen LogP contribution in [0.1, 0.15) is 18.4 Å². The second kappa shape index (κ2) is 8.07. The third kappa shape index (κ3) is 4.33. The molecule has 0 saturated carbocycles. The van der Waals surface area contributed by atoms with Crippen molar-refractivity contribution in [2.75, 3.05) is 31.7 Å². The normalized spacial score (nSPS) is 15.2. The number of benzene rings is 1. The molecule has 1 aromatic heterocycles. The maximum atomic E-state index is 11.6. The van der Waals surface area contributed by atoms with Gasteiger partial charge < -0.3 is 15.0 Å². The van der Waals surface area contributed by atoms with E-state index in [9.17, 15) is 4.79 Å². The zero-order valence-electron chi connectivity index (χ0n) is 14.7. The van der Waals surface area contributed by atoms with Gasteiger partial charge in [-0.2, -0.15) is 0 Å². The molecule has 1 aromatic carbocycles. The topological polar surface area (TPSA) is 67.3 Å². The number of amides is 1. The van der Waals surface area contributed by atoms with E-state index in [1.807, 2.05) is 24.3 Å². The van der Waals surface area contributed by atoms with E-state index in [2.05, 4.69) is 39.5 Å². The Balaban J connectivity index is 1.59. The molecule has 1 amide bonds. The second-order valence-corrected chi connectivity index (χ2v) is 6.35. The lowest BCUT2D eigenvalue weighted by atomic mass is 10.0. The number of rotatable bonds is 5. The highest BCUT2D eigenvalue weighted by molar-refractivity contribution is 5.77. The van der Waals surface area contributed by atoms with Crippen molar-refractivity contribution in [3.8, 4) is 11.3 Å². The molecule has 2 heterocycles. The lowest BCUT2D eigenvalue weighted by Gasteiger charge is -2.32. The largest absolute Gasteiger partial charge is 0.375 e. The SMILES string of the molecule is COCC(=O)NC1CCN(c2ccc(-c3ccccc3C)nn2)CC1. The summed E-state index contributed by atoms with van der Waals surface area (Å²) in [5.41, 5.74) is 3.20. The van der Waals surface area contributed by atoms with Crippen molar-refractivity contribution in [2.45, 2.75) is 25.8 Å². The Hall–Kier alpha value is -2.47. The predicted molar refractivity (Wildman–Crippen MR) is 97.5 cm³/mol. The van der Waals surface area contributed by atoms with Crippen LogP contribution in [0.2, 0.25) is 0 Å². The molecule has 1 aliphatic rings. The number of ether oxygens (including phenoxy) is 1. The Morgan fingerprint density at radius 3 is 2.60 bits per heavy atom. The second-order valence-electron chi connectivity index (χ2n) is 6.35. The summed E-state index contributed by atoms with van der Waals surface area (Å²) in [5, 5.41) is 11.8. The van der Waals surface area contributed by atoms with E-state index < -0.39 is 0 Å². The van der Waals surface area contributed by atoms with E-state index in [0.29, 0.717) is 0 Å². The van der Waals surface area contributed by atoms with Gasteiger partial charge in [0.25, 0.3) is 0 Å². The molecule has 6 nitrogen and oxygen atoms in total. The third-order valence-electron chi connectivity index (χ3n) is 4.53. The van der Waals surface area contributed by atoms with Crippen LogP contribution in [-0.4, -0.2) is 49.0 Å². The van der Waals surface area contributed by atoms with Crippen LogP contribution >= 0.6 is 0 Å². The first-order valence-electron chi connectivity index (χ1n) is 8.60. The van der Waals surface area contributed by atoms with Crippen LogP contribution in [0, 0.1) is 6.92 Å². The van der Waals surface area contributed by atoms with E-state index >= 15 is 0 Å². The molecule has 25 heavy (non-hydrogen) atoms. The molecule has 1 saturated heterocycles. The molecular weight excluding hydrogens is 316 g/mol. The van der Waals surface area contributed by atoms with E-state index in [1.54, 1.807) is 0 Å². The Bertz CT molecular complexity index is 710. The zero-order valence-corrected chi connectivity index (χ0v) is 14.7. The van der Waals surface area contributed by atoms with Crippen LogP contribution in [-0.2, 0) is 9.53 Å². The van der Waals surface area contributed by atoms with E-state index in [4.69, 9.17) is 4.74 Å². The van der Waals surface area contributed by atoms with Crippen LogP contribution in [0.15, 0.2) is 36.4 Å². The van der Waals surface area contributed by atoms with Gasteiger partial charge in [0.05, 0.1) is 5.69 Å². The zero-order chi connectivity index (χ0) is 17.6. The fraction of sp³-hybridized carbons (Fsp3) is 0.421. The number of methoxy groups -OCH3 is 1. The molecule has 6 heteroatoms. The molecule has 3 rings (SSSR count). The summed E-state index contributed by atoms with van der Waals surface area (Å²) in [6.07, 6.45) is 1.80. The van der Waals surface area contributed by atoms with Gasteiger partial charge in [-0.1, -0.05) is 24.3 Å². The van der Waals surface area contributed by atoms with Crippen molar-refractivity contribution in [3.05, 3.63) is 42.0 Å². The van der Waals surface area contributed by atoms with Gasteiger partial charge in [0.15, 0.2) is 5.82 Å². The first-order chi connectivity index (χ1) is 12.2. The molecule has 132 valence electrons. The molecule has 0 spiro atoms. The summed E-state index contributed by atoms with van der Waals surface area (Å²) < 4.78 is 4.85. The average Bonchev–Trinajstić information content (AvgIpc) is 2.63. The number of aryl methyl sites for hydroxylation is 1. The van der Waals surface area contributed by atoms with Gasteiger partial charge in [0.1, 0.15) is 6.61 Å². The molecular formula is C19H24N4O2. The summed E-state index contributed by atoms with van der Waals surface area (Å²) in [4.78, 5) is 13.8. The Morgan fingerprint density at radius 2 is 1.96 bits per heavy atom. The number of aromatic nitrogens is 2. The Kier molecular flexibility index (Phi) is 5.60. The molecule has 0 aliphatic carbocycles. The van der Waals surface area contributed by atoms with Gasteiger partial charge in [-0.05, 0) is 37.5 Å². The Morgan fingerprint density at radius 1 is 1.20 bits per heavy atom. The lowest BCUT2D eigenvalue weighted by molar-refractivity contribution is -0.125. The fourth-order valence-corrected chi connectivity index (χ4v) is 3.15. The van der Waals surface area contributed by atoms with Gasteiger partial charge in [-0.25, -0.2) is 0 Å². The molecule has 1 fully saturated rings. The number of hydrogen-bond acceptors (Lipinski definition) is 5.